The highest BCUT2D eigenvalue weighted by Gasteiger charge is 2.06. The summed E-state index contributed by atoms with van der Waals surface area (Å²) >= 11 is 0. The zero-order chi connectivity index (χ0) is 21.3. The Balaban J connectivity index is 1.33. The predicted molar refractivity (Wildman–Crippen MR) is 118 cm³/mol. The molecule has 6 nitrogen and oxygen atoms in total. The van der Waals surface area contributed by atoms with Gasteiger partial charge in [-0.25, -0.2) is 4.68 Å². The maximum absolute atomic E-state index is 12.0. The molecular weight excluding hydrogens is 376 g/mol. The number of hydrogen-bond donors (Lipinski definition) is 2. The second kappa shape index (κ2) is 10.4. The van der Waals surface area contributed by atoms with Crippen LogP contribution in [0.2, 0.25) is 0 Å². The lowest BCUT2D eigenvalue weighted by Gasteiger charge is -2.08. The summed E-state index contributed by atoms with van der Waals surface area (Å²) in [6, 6.07) is 19.3. The largest absolute Gasteiger partial charge is 0.356 e. The molecular formula is C24H28N4O2. The van der Waals surface area contributed by atoms with E-state index in [1.165, 1.54) is 0 Å². The van der Waals surface area contributed by atoms with Crippen molar-refractivity contribution in [2.45, 2.75) is 33.1 Å². The van der Waals surface area contributed by atoms with Gasteiger partial charge in [0.05, 0.1) is 11.4 Å². The van der Waals surface area contributed by atoms with Crippen molar-refractivity contribution in [1.29, 1.82) is 0 Å². The van der Waals surface area contributed by atoms with Crippen LogP contribution in [0.3, 0.4) is 0 Å². The second-order valence-electron chi connectivity index (χ2n) is 7.33. The SMILES string of the molecule is Cc1cc(C)n(-c2ccc(CCNC(=O)CCCNC(=O)c3ccccc3)cc2)n1. The number of benzene rings is 2. The summed E-state index contributed by atoms with van der Waals surface area (Å²) in [6.07, 6.45) is 1.78. The molecule has 3 rings (SSSR count). The van der Waals surface area contributed by atoms with Crippen LogP contribution in [0.1, 0.15) is 40.2 Å². The highest BCUT2D eigenvalue weighted by atomic mass is 16.2. The number of hydrogen-bond acceptors (Lipinski definition) is 3. The van der Waals surface area contributed by atoms with Crippen molar-refractivity contribution in [1.82, 2.24) is 20.4 Å². The van der Waals surface area contributed by atoms with Gasteiger partial charge in [-0.1, -0.05) is 30.3 Å². The van der Waals surface area contributed by atoms with Crippen LogP contribution in [-0.2, 0) is 11.2 Å². The molecule has 3 aromatic rings. The maximum Gasteiger partial charge on any atom is 0.251 e. The number of carbonyl (C=O) groups is 2. The third kappa shape index (κ3) is 6.04. The van der Waals surface area contributed by atoms with Gasteiger partial charge in [0.2, 0.25) is 5.91 Å². The summed E-state index contributed by atoms with van der Waals surface area (Å²) in [5.74, 6) is -0.108. The van der Waals surface area contributed by atoms with E-state index in [1.807, 2.05) is 48.9 Å². The Bertz CT molecular complexity index is 978. The van der Waals surface area contributed by atoms with E-state index in [-0.39, 0.29) is 11.8 Å². The molecule has 2 N–H and O–H groups in total. The minimum atomic E-state index is -0.111. The van der Waals surface area contributed by atoms with Crippen LogP contribution in [-0.4, -0.2) is 34.7 Å². The number of nitrogens with one attached hydrogen (secondary N) is 2. The Labute approximate surface area is 177 Å². The second-order valence-corrected chi connectivity index (χ2v) is 7.33. The van der Waals surface area contributed by atoms with Crippen molar-refractivity contribution >= 4 is 11.8 Å². The van der Waals surface area contributed by atoms with Crippen LogP contribution in [0.4, 0.5) is 0 Å². The van der Waals surface area contributed by atoms with E-state index in [4.69, 9.17) is 0 Å². The van der Waals surface area contributed by atoms with Gasteiger partial charge in [-0.15, -0.1) is 0 Å². The van der Waals surface area contributed by atoms with Gasteiger partial charge in [0.1, 0.15) is 0 Å². The number of rotatable bonds is 9. The molecule has 0 fully saturated rings. The van der Waals surface area contributed by atoms with E-state index in [0.29, 0.717) is 31.5 Å². The highest BCUT2D eigenvalue weighted by Crippen LogP contribution is 2.13. The Hall–Kier alpha value is -3.41. The number of nitrogens with zero attached hydrogens (tertiary/aromatic N) is 2. The van der Waals surface area contributed by atoms with Crippen molar-refractivity contribution in [3.8, 4) is 5.69 Å². The van der Waals surface area contributed by atoms with Crippen molar-refractivity contribution < 1.29 is 9.59 Å². The van der Waals surface area contributed by atoms with Gasteiger partial charge in [-0.2, -0.15) is 5.10 Å². The molecule has 0 radical (unpaired) electrons. The molecule has 30 heavy (non-hydrogen) atoms. The molecule has 2 amide bonds. The van der Waals surface area contributed by atoms with Gasteiger partial charge < -0.3 is 10.6 Å². The minimum Gasteiger partial charge on any atom is -0.356 e. The summed E-state index contributed by atoms with van der Waals surface area (Å²) in [4.78, 5) is 23.9. The predicted octanol–water partition coefficient (Wildman–Crippen LogP) is 3.36. The van der Waals surface area contributed by atoms with E-state index in [9.17, 15) is 9.59 Å². The standard InChI is InChI=1S/C24H28N4O2/c1-18-17-19(2)28(27-18)22-12-10-20(11-13-22)14-16-25-23(29)9-6-15-26-24(30)21-7-4-3-5-8-21/h3-5,7-8,10-13,17H,6,9,14-16H2,1-2H3,(H,25,29)(H,26,30). The lowest BCUT2D eigenvalue weighted by molar-refractivity contribution is -0.121. The summed E-state index contributed by atoms with van der Waals surface area (Å²) in [5.41, 5.74) is 4.93. The van der Waals surface area contributed by atoms with E-state index >= 15 is 0 Å². The third-order valence-corrected chi connectivity index (χ3v) is 4.83. The fraction of sp³-hybridized carbons (Fsp3) is 0.292. The molecule has 0 aliphatic rings. The fourth-order valence-corrected chi connectivity index (χ4v) is 3.27. The molecule has 0 unspecified atom stereocenters. The molecule has 0 bridgehead atoms. The van der Waals surface area contributed by atoms with Crippen LogP contribution in [0.5, 0.6) is 0 Å². The molecule has 0 aliphatic carbocycles. The van der Waals surface area contributed by atoms with Crippen molar-refractivity contribution in [2.75, 3.05) is 13.1 Å². The molecule has 1 heterocycles. The zero-order valence-electron chi connectivity index (χ0n) is 17.5. The van der Waals surface area contributed by atoms with Crippen LogP contribution in [0.25, 0.3) is 5.69 Å². The monoisotopic (exact) mass is 404 g/mol. The van der Waals surface area contributed by atoms with Crippen LogP contribution >= 0.6 is 0 Å². The van der Waals surface area contributed by atoms with Crippen molar-refractivity contribution in [3.63, 3.8) is 0 Å². The maximum atomic E-state index is 12.0. The lowest BCUT2D eigenvalue weighted by Crippen LogP contribution is -2.28. The molecule has 1 aromatic heterocycles. The van der Waals surface area contributed by atoms with E-state index in [0.717, 1.165) is 29.1 Å². The highest BCUT2D eigenvalue weighted by molar-refractivity contribution is 5.94. The first-order chi connectivity index (χ1) is 14.5. The average molecular weight is 405 g/mol. The van der Waals surface area contributed by atoms with Crippen molar-refractivity contribution in [3.05, 3.63) is 83.2 Å². The molecule has 6 heteroatoms. The van der Waals surface area contributed by atoms with Gasteiger partial charge in [-0.3, -0.25) is 9.59 Å². The van der Waals surface area contributed by atoms with Crippen LogP contribution in [0.15, 0.2) is 60.7 Å². The third-order valence-electron chi connectivity index (χ3n) is 4.83. The minimum absolute atomic E-state index is 0.00298. The number of amides is 2. The number of carbonyl (C=O) groups excluding carboxylic acids is 2. The quantitative estimate of drug-likeness (QED) is 0.537. The Morgan fingerprint density at radius 3 is 2.33 bits per heavy atom. The smallest absolute Gasteiger partial charge is 0.251 e. The molecule has 0 aliphatic heterocycles. The molecule has 0 saturated heterocycles. The lowest BCUT2D eigenvalue weighted by atomic mass is 10.1. The molecule has 2 aromatic carbocycles. The zero-order valence-corrected chi connectivity index (χ0v) is 17.5. The normalized spacial score (nSPS) is 10.6. The van der Waals surface area contributed by atoms with E-state index in [2.05, 4.69) is 33.9 Å². The molecule has 0 saturated carbocycles. The fourth-order valence-electron chi connectivity index (χ4n) is 3.27. The summed E-state index contributed by atoms with van der Waals surface area (Å²) in [5, 5.41) is 10.3. The Morgan fingerprint density at radius 1 is 0.933 bits per heavy atom. The van der Waals surface area contributed by atoms with E-state index < -0.39 is 0 Å². The van der Waals surface area contributed by atoms with Gasteiger partial charge in [0.15, 0.2) is 0 Å². The number of aromatic nitrogens is 2. The summed E-state index contributed by atoms with van der Waals surface area (Å²) < 4.78 is 1.93. The Kier molecular flexibility index (Phi) is 7.38. The van der Waals surface area contributed by atoms with Gasteiger partial charge in [-0.05, 0) is 62.6 Å². The number of aryl methyl sites for hydroxylation is 2. The molecule has 0 spiro atoms. The van der Waals surface area contributed by atoms with Crippen LogP contribution < -0.4 is 10.6 Å². The summed E-state index contributed by atoms with van der Waals surface area (Å²) in [6.45, 7) is 5.09. The van der Waals surface area contributed by atoms with Gasteiger partial charge >= 0.3 is 0 Å². The first kappa shape index (κ1) is 21.3. The van der Waals surface area contributed by atoms with Gasteiger partial charge in [0, 0.05) is 30.8 Å². The summed E-state index contributed by atoms with van der Waals surface area (Å²) in [7, 11) is 0. The van der Waals surface area contributed by atoms with Gasteiger partial charge in [0.25, 0.3) is 5.91 Å². The first-order valence-corrected chi connectivity index (χ1v) is 10.3. The topological polar surface area (TPSA) is 76.0 Å². The van der Waals surface area contributed by atoms with Crippen molar-refractivity contribution in [2.24, 2.45) is 0 Å². The van der Waals surface area contributed by atoms with Crippen LogP contribution in [0, 0.1) is 13.8 Å². The van der Waals surface area contributed by atoms with E-state index in [1.54, 1.807) is 12.1 Å². The first-order valence-electron chi connectivity index (χ1n) is 10.3. The average Bonchev–Trinajstić information content (AvgIpc) is 3.10. The molecule has 156 valence electrons. The Morgan fingerprint density at radius 2 is 1.67 bits per heavy atom. The molecule has 0 atom stereocenters.